The van der Waals surface area contributed by atoms with E-state index in [2.05, 4.69) is 10.1 Å². The summed E-state index contributed by atoms with van der Waals surface area (Å²) in [4.78, 5) is 30.4. The van der Waals surface area contributed by atoms with Gasteiger partial charge in [-0.1, -0.05) is 48.5 Å². The van der Waals surface area contributed by atoms with Crippen LogP contribution in [0.2, 0.25) is 0 Å². The summed E-state index contributed by atoms with van der Waals surface area (Å²) in [5, 5.41) is 5.96. The van der Waals surface area contributed by atoms with Gasteiger partial charge >= 0.3 is 0 Å². The SMILES string of the molecule is CCN(Cc1ccccc1)C(=O)Cn1ncc2c([nH]c3ccccc32)c1=O. The Balaban J connectivity index is 1.62. The number of benzene rings is 2. The van der Waals surface area contributed by atoms with Crippen molar-refractivity contribution in [2.75, 3.05) is 6.54 Å². The Morgan fingerprint density at radius 1 is 1.07 bits per heavy atom. The van der Waals surface area contributed by atoms with E-state index in [0.717, 1.165) is 21.9 Å². The molecule has 0 unspecified atom stereocenters. The van der Waals surface area contributed by atoms with Gasteiger partial charge in [0.2, 0.25) is 5.91 Å². The van der Waals surface area contributed by atoms with Crippen LogP contribution in [0.25, 0.3) is 21.8 Å². The van der Waals surface area contributed by atoms with Crippen LogP contribution in [0.3, 0.4) is 0 Å². The number of carbonyl (C=O) groups excluding carboxylic acids is 1. The Bertz CT molecular complexity index is 1160. The molecule has 0 aliphatic carbocycles. The fourth-order valence-electron chi connectivity index (χ4n) is 3.30. The molecule has 4 rings (SSSR count). The lowest BCUT2D eigenvalue weighted by Crippen LogP contribution is -2.37. The quantitative estimate of drug-likeness (QED) is 0.595. The second-order valence-electron chi connectivity index (χ2n) is 6.46. The van der Waals surface area contributed by atoms with Gasteiger partial charge in [-0.15, -0.1) is 0 Å². The van der Waals surface area contributed by atoms with Crippen molar-refractivity contribution in [3.8, 4) is 0 Å². The molecule has 1 amide bonds. The van der Waals surface area contributed by atoms with Gasteiger partial charge in [0.15, 0.2) is 0 Å². The van der Waals surface area contributed by atoms with Gasteiger partial charge in [0, 0.05) is 29.4 Å². The maximum Gasteiger partial charge on any atom is 0.291 e. The monoisotopic (exact) mass is 360 g/mol. The number of likely N-dealkylation sites (N-methyl/N-ethyl adjacent to an activating group) is 1. The number of nitrogens with one attached hydrogen (secondary N) is 1. The molecule has 0 saturated carbocycles. The molecule has 1 N–H and O–H groups in total. The van der Waals surface area contributed by atoms with Crippen LogP contribution >= 0.6 is 0 Å². The molecule has 6 heteroatoms. The number of aromatic amines is 1. The largest absolute Gasteiger partial charge is 0.350 e. The van der Waals surface area contributed by atoms with E-state index < -0.39 is 0 Å². The number of hydrogen-bond acceptors (Lipinski definition) is 3. The predicted octanol–water partition coefficient (Wildman–Crippen LogP) is 2.93. The number of H-pyrrole nitrogens is 1. The minimum Gasteiger partial charge on any atom is -0.350 e. The van der Waals surface area contributed by atoms with Crippen molar-refractivity contribution in [1.29, 1.82) is 0 Å². The van der Waals surface area contributed by atoms with Crippen LogP contribution in [0, 0.1) is 0 Å². The zero-order valence-electron chi connectivity index (χ0n) is 15.1. The van der Waals surface area contributed by atoms with E-state index in [1.54, 1.807) is 11.1 Å². The summed E-state index contributed by atoms with van der Waals surface area (Å²) in [5.74, 6) is -0.133. The van der Waals surface area contributed by atoms with Crippen LogP contribution in [0.4, 0.5) is 0 Å². The third kappa shape index (κ3) is 3.21. The lowest BCUT2D eigenvalue weighted by Gasteiger charge is -2.21. The number of nitrogens with zero attached hydrogens (tertiary/aromatic N) is 3. The first-order valence-electron chi connectivity index (χ1n) is 8.95. The Kier molecular flexibility index (Phi) is 4.46. The summed E-state index contributed by atoms with van der Waals surface area (Å²) in [5.41, 5.74) is 2.13. The van der Waals surface area contributed by atoms with E-state index in [1.165, 1.54) is 4.68 Å². The Morgan fingerprint density at radius 2 is 1.81 bits per heavy atom. The summed E-state index contributed by atoms with van der Waals surface area (Å²) in [6.07, 6.45) is 1.65. The lowest BCUT2D eigenvalue weighted by atomic mass is 10.2. The summed E-state index contributed by atoms with van der Waals surface area (Å²) < 4.78 is 1.23. The topological polar surface area (TPSA) is 71.0 Å². The lowest BCUT2D eigenvalue weighted by molar-refractivity contribution is -0.132. The van der Waals surface area contributed by atoms with Crippen molar-refractivity contribution in [3.63, 3.8) is 0 Å². The minimum absolute atomic E-state index is 0.0786. The second-order valence-corrected chi connectivity index (χ2v) is 6.46. The van der Waals surface area contributed by atoms with Gasteiger partial charge in [-0.25, -0.2) is 4.68 Å². The van der Waals surface area contributed by atoms with Crippen LogP contribution in [0.1, 0.15) is 12.5 Å². The van der Waals surface area contributed by atoms with E-state index in [4.69, 9.17) is 0 Å². The molecule has 27 heavy (non-hydrogen) atoms. The van der Waals surface area contributed by atoms with Gasteiger partial charge in [0.1, 0.15) is 12.1 Å². The van der Waals surface area contributed by atoms with Crippen LogP contribution in [-0.2, 0) is 17.9 Å². The summed E-state index contributed by atoms with van der Waals surface area (Å²) in [6.45, 7) is 2.93. The molecular formula is C21H20N4O2. The van der Waals surface area contributed by atoms with Crippen molar-refractivity contribution < 1.29 is 4.79 Å². The van der Waals surface area contributed by atoms with Crippen LogP contribution < -0.4 is 5.56 Å². The van der Waals surface area contributed by atoms with Gasteiger partial charge in [0.25, 0.3) is 5.56 Å². The summed E-state index contributed by atoms with van der Waals surface area (Å²) in [6, 6.07) is 17.5. The summed E-state index contributed by atoms with van der Waals surface area (Å²) in [7, 11) is 0. The zero-order chi connectivity index (χ0) is 18.8. The first-order valence-corrected chi connectivity index (χ1v) is 8.95. The third-order valence-corrected chi connectivity index (χ3v) is 4.76. The number of aromatic nitrogens is 3. The zero-order valence-corrected chi connectivity index (χ0v) is 15.1. The van der Waals surface area contributed by atoms with E-state index in [-0.39, 0.29) is 18.0 Å². The molecule has 6 nitrogen and oxygen atoms in total. The molecule has 0 aliphatic rings. The molecule has 0 atom stereocenters. The number of carbonyl (C=O) groups is 1. The average molecular weight is 360 g/mol. The molecule has 2 aromatic carbocycles. The van der Waals surface area contributed by atoms with Gasteiger partial charge in [-0.3, -0.25) is 9.59 Å². The molecule has 0 spiro atoms. The van der Waals surface area contributed by atoms with E-state index >= 15 is 0 Å². The van der Waals surface area contributed by atoms with Crippen LogP contribution in [0.5, 0.6) is 0 Å². The molecule has 136 valence electrons. The molecular weight excluding hydrogens is 340 g/mol. The number of para-hydroxylation sites is 1. The van der Waals surface area contributed by atoms with Crippen molar-refractivity contribution >= 4 is 27.7 Å². The number of rotatable bonds is 5. The normalized spacial score (nSPS) is 11.1. The fraction of sp³-hybridized carbons (Fsp3) is 0.190. The molecule has 2 heterocycles. The average Bonchev–Trinajstić information content (AvgIpc) is 3.08. The molecule has 0 saturated heterocycles. The highest BCUT2D eigenvalue weighted by atomic mass is 16.2. The second kappa shape index (κ2) is 7.07. The highest BCUT2D eigenvalue weighted by Crippen LogP contribution is 2.21. The first-order chi connectivity index (χ1) is 13.2. The molecule has 0 aliphatic heterocycles. The molecule has 0 radical (unpaired) electrons. The molecule has 2 aromatic heterocycles. The van der Waals surface area contributed by atoms with Crippen molar-refractivity contribution in [2.45, 2.75) is 20.0 Å². The Morgan fingerprint density at radius 3 is 2.59 bits per heavy atom. The van der Waals surface area contributed by atoms with E-state index in [9.17, 15) is 9.59 Å². The summed E-state index contributed by atoms with van der Waals surface area (Å²) >= 11 is 0. The van der Waals surface area contributed by atoms with E-state index in [1.807, 2.05) is 61.5 Å². The highest BCUT2D eigenvalue weighted by Gasteiger charge is 2.16. The number of amides is 1. The Labute approximate surface area is 156 Å². The van der Waals surface area contributed by atoms with E-state index in [0.29, 0.717) is 18.6 Å². The minimum atomic E-state index is -0.284. The number of hydrogen-bond donors (Lipinski definition) is 1. The maximum atomic E-state index is 12.8. The van der Waals surface area contributed by atoms with Crippen LogP contribution in [0.15, 0.2) is 65.6 Å². The third-order valence-electron chi connectivity index (χ3n) is 4.76. The van der Waals surface area contributed by atoms with Crippen molar-refractivity contribution in [1.82, 2.24) is 19.7 Å². The maximum absolute atomic E-state index is 12.8. The van der Waals surface area contributed by atoms with Gasteiger partial charge in [-0.2, -0.15) is 5.10 Å². The standard InChI is InChI=1S/C21H20N4O2/c1-2-24(13-15-8-4-3-5-9-15)19(26)14-25-21(27)20-17(12-22-25)16-10-6-7-11-18(16)23-20/h3-12,23H,2,13-14H2,1H3. The smallest absolute Gasteiger partial charge is 0.291 e. The van der Waals surface area contributed by atoms with Crippen molar-refractivity contribution in [3.05, 3.63) is 76.7 Å². The predicted molar refractivity (Wildman–Crippen MR) is 105 cm³/mol. The van der Waals surface area contributed by atoms with Gasteiger partial charge in [-0.05, 0) is 18.6 Å². The fourth-order valence-corrected chi connectivity index (χ4v) is 3.30. The molecule has 0 bridgehead atoms. The van der Waals surface area contributed by atoms with Gasteiger partial charge in [0.05, 0.1) is 6.20 Å². The van der Waals surface area contributed by atoms with Crippen molar-refractivity contribution in [2.24, 2.45) is 0 Å². The first kappa shape index (κ1) is 17.0. The Hall–Kier alpha value is -3.41. The molecule has 0 fully saturated rings. The molecule has 4 aromatic rings. The number of fused-ring (bicyclic) bond motifs is 3. The van der Waals surface area contributed by atoms with Crippen LogP contribution in [-0.4, -0.2) is 32.1 Å². The highest BCUT2D eigenvalue weighted by molar-refractivity contribution is 6.06. The van der Waals surface area contributed by atoms with Gasteiger partial charge < -0.3 is 9.88 Å².